The van der Waals surface area contributed by atoms with Crippen molar-refractivity contribution < 1.29 is 10.2 Å². The molecule has 4 aromatic carbocycles. The molecule has 3 heteroatoms. The molecule has 4 aromatic rings. The first kappa shape index (κ1) is 15.1. The van der Waals surface area contributed by atoms with Crippen molar-refractivity contribution in [1.82, 2.24) is 0 Å². The van der Waals surface area contributed by atoms with Gasteiger partial charge < -0.3 is 15.1 Å². The van der Waals surface area contributed by atoms with Crippen LogP contribution in [0, 0.1) is 0 Å². The predicted molar refractivity (Wildman–Crippen MR) is 102 cm³/mol. The number of anilines is 3. The summed E-state index contributed by atoms with van der Waals surface area (Å²) >= 11 is 0. The fourth-order valence-corrected chi connectivity index (χ4v) is 3.05. The second-order valence-electron chi connectivity index (χ2n) is 5.91. The maximum atomic E-state index is 9.92. The van der Waals surface area contributed by atoms with E-state index in [1.54, 1.807) is 12.1 Å². The van der Waals surface area contributed by atoms with Gasteiger partial charge in [-0.15, -0.1) is 0 Å². The summed E-state index contributed by atoms with van der Waals surface area (Å²) in [6, 6.07) is 28.9. The summed E-state index contributed by atoms with van der Waals surface area (Å²) in [7, 11) is 0. The van der Waals surface area contributed by atoms with Crippen molar-refractivity contribution in [3.8, 4) is 11.5 Å². The third-order valence-electron chi connectivity index (χ3n) is 4.15. The van der Waals surface area contributed by atoms with E-state index in [2.05, 4.69) is 24.3 Å². The first-order valence-electron chi connectivity index (χ1n) is 8.08. The summed E-state index contributed by atoms with van der Waals surface area (Å²) in [5.74, 6) is 0.0495. The zero-order chi connectivity index (χ0) is 17.2. The Labute approximate surface area is 146 Å². The summed E-state index contributed by atoms with van der Waals surface area (Å²) in [4.78, 5) is 2.01. The van der Waals surface area contributed by atoms with E-state index >= 15 is 0 Å². The number of phenolic OH excluding ortho intramolecular Hbond substituents is 2. The molecule has 0 aromatic heterocycles. The molecule has 0 aliphatic carbocycles. The molecule has 0 saturated carbocycles. The third-order valence-corrected chi connectivity index (χ3v) is 4.15. The molecular formula is C22H17NO2. The van der Waals surface area contributed by atoms with E-state index in [0.717, 1.165) is 22.1 Å². The van der Waals surface area contributed by atoms with Gasteiger partial charge in [0, 0.05) is 29.6 Å². The van der Waals surface area contributed by atoms with Gasteiger partial charge in [0.25, 0.3) is 0 Å². The first-order chi connectivity index (χ1) is 12.2. The molecule has 0 unspecified atom stereocenters. The molecule has 0 saturated heterocycles. The average molecular weight is 327 g/mol. The Kier molecular flexibility index (Phi) is 3.75. The van der Waals surface area contributed by atoms with Gasteiger partial charge in [-0.1, -0.05) is 48.5 Å². The lowest BCUT2D eigenvalue weighted by atomic mass is 10.1. The molecule has 3 nitrogen and oxygen atoms in total. The highest BCUT2D eigenvalue weighted by Crippen LogP contribution is 2.38. The van der Waals surface area contributed by atoms with Gasteiger partial charge in [-0.3, -0.25) is 0 Å². The van der Waals surface area contributed by atoms with Gasteiger partial charge in [-0.2, -0.15) is 0 Å². The minimum Gasteiger partial charge on any atom is -0.508 e. The number of benzene rings is 4. The number of phenols is 2. The number of aromatic hydroxyl groups is 2. The normalized spacial score (nSPS) is 10.7. The van der Waals surface area contributed by atoms with Gasteiger partial charge in [0.2, 0.25) is 0 Å². The lowest BCUT2D eigenvalue weighted by molar-refractivity contribution is 0.451. The van der Waals surface area contributed by atoms with Gasteiger partial charge >= 0.3 is 0 Å². The maximum Gasteiger partial charge on any atom is 0.121 e. The quantitative estimate of drug-likeness (QED) is 0.506. The highest BCUT2D eigenvalue weighted by atomic mass is 16.3. The molecule has 2 N–H and O–H groups in total. The van der Waals surface area contributed by atoms with E-state index in [9.17, 15) is 10.2 Å². The number of nitrogens with zero attached hydrogens (tertiary/aromatic N) is 1. The van der Waals surface area contributed by atoms with Gasteiger partial charge in [-0.05, 0) is 35.0 Å². The first-order valence-corrected chi connectivity index (χ1v) is 8.08. The molecule has 0 fully saturated rings. The zero-order valence-corrected chi connectivity index (χ0v) is 13.5. The van der Waals surface area contributed by atoms with Crippen LogP contribution in [-0.2, 0) is 0 Å². The van der Waals surface area contributed by atoms with Gasteiger partial charge in [0.15, 0.2) is 0 Å². The van der Waals surface area contributed by atoms with Crippen LogP contribution in [0.4, 0.5) is 17.1 Å². The molecule has 0 atom stereocenters. The van der Waals surface area contributed by atoms with Crippen molar-refractivity contribution >= 4 is 27.8 Å². The van der Waals surface area contributed by atoms with E-state index in [0.29, 0.717) is 5.69 Å². The Morgan fingerprint density at radius 2 is 1.12 bits per heavy atom. The average Bonchev–Trinajstić information content (AvgIpc) is 2.62. The fourth-order valence-electron chi connectivity index (χ4n) is 3.05. The molecule has 0 amide bonds. The van der Waals surface area contributed by atoms with E-state index in [-0.39, 0.29) is 11.5 Å². The van der Waals surface area contributed by atoms with E-state index in [4.69, 9.17) is 0 Å². The van der Waals surface area contributed by atoms with E-state index in [1.165, 1.54) is 6.07 Å². The lowest BCUT2D eigenvalue weighted by Gasteiger charge is -2.26. The molecule has 4 rings (SSSR count). The van der Waals surface area contributed by atoms with Crippen molar-refractivity contribution in [2.75, 3.05) is 4.90 Å². The summed E-state index contributed by atoms with van der Waals surface area (Å²) in [6.45, 7) is 0. The van der Waals surface area contributed by atoms with Crippen molar-refractivity contribution in [2.45, 2.75) is 0 Å². The smallest absolute Gasteiger partial charge is 0.121 e. The number of hydrogen-bond donors (Lipinski definition) is 2. The Bertz CT molecular complexity index is 1010. The SMILES string of the molecule is Oc1cc(O)cc(N(c2ccccc2)c2ccc3ccccc3c2)c1. The highest BCUT2D eigenvalue weighted by molar-refractivity contribution is 5.89. The Hall–Kier alpha value is -3.46. The van der Waals surface area contributed by atoms with Crippen LogP contribution >= 0.6 is 0 Å². The molecule has 0 aliphatic rings. The predicted octanol–water partition coefficient (Wildman–Crippen LogP) is 5.72. The highest BCUT2D eigenvalue weighted by Gasteiger charge is 2.14. The molecule has 122 valence electrons. The number of rotatable bonds is 3. The van der Waals surface area contributed by atoms with Gasteiger partial charge in [0.1, 0.15) is 11.5 Å². The van der Waals surface area contributed by atoms with Crippen molar-refractivity contribution in [3.05, 3.63) is 91.0 Å². The van der Waals surface area contributed by atoms with Crippen LogP contribution in [0.3, 0.4) is 0 Å². The molecule has 0 aliphatic heterocycles. The second kappa shape index (κ2) is 6.21. The fraction of sp³-hybridized carbons (Fsp3) is 0. The Morgan fingerprint density at radius 1 is 0.480 bits per heavy atom. The standard InChI is InChI=1S/C22H17NO2/c24-21-13-20(14-22(25)15-21)23(18-8-2-1-3-9-18)19-11-10-16-6-4-5-7-17(16)12-19/h1-15,24-25H. The van der Waals surface area contributed by atoms with Crippen LogP contribution in [0.2, 0.25) is 0 Å². The number of para-hydroxylation sites is 1. The van der Waals surface area contributed by atoms with Crippen molar-refractivity contribution in [2.24, 2.45) is 0 Å². The van der Waals surface area contributed by atoms with E-state index < -0.39 is 0 Å². The topological polar surface area (TPSA) is 43.7 Å². The lowest BCUT2D eigenvalue weighted by Crippen LogP contribution is -2.09. The van der Waals surface area contributed by atoms with Crippen LogP contribution in [0.15, 0.2) is 91.0 Å². The Balaban J connectivity index is 1.93. The number of fused-ring (bicyclic) bond motifs is 1. The maximum absolute atomic E-state index is 9.92. The monoisotopic (exact) mass is 327 g/mol. The molecule has 0 radical (unpaired) electrons. The van der Waals surface area contributed by atoms with E-state index in [1.807, 2.05) is 53.4 Å². The van der Waals surface area contributed by atoms with Crippen molar-refractivity contribution in [1.29, 1.82) is 0 Å². The minimum absolute atomic E-state index is 0.0247. The van der Waals surface area contributed by atoms with Crippen LogP contribution in [0.5, 0.6) is 11.5 Å². The third kappa shape index (κ3) is 3.00. The second-order valence-corrected chi connectivity index (χ2v) is 5.91. The summed E-state index contributed by atoms with van der Waals surface area (Å²) in [5, 5.41) is 22.1. The van der Waals surface area contributed by atoms with Crippen LogP contribution in [-0.4, -0.2) is 10.2 Å². The van der Waals surface area contributed by atoms with Gasteiger partial charge in [0.05, 0.1) is 5.69 Å². The molecule has 25 heavy (non-hydrogen) atoms. The summed E-state index contributed by atoms with van der Waals surface area (Å²) in [6.07, 6.45) is 0. The van der Waals surface area contributed by atoms with Crippen LogP contribution in [0.25, 0.3) is 10.8 Å². The number of hydrogen-bond acceptors (Lipinski definition) is 3. The molecule has 0 heterocycles. The van der Waals surface area contributed by atoms with Gasteiger partial charge in [-0.25, -0.2) is 0 Å². The summed E-state index contributed by atoms with van der Waals surface area (Å²) in [5.41, 5.74) is 2.59. The molecular weight excluding hydrogens is 310 g/mol. The van der Waals surface area contributed by atoms with Crippen LogP contribution < -0.4 is 4.90 Å². The van der Waals surface area contributed by atoms with Crippen molar-refractivity contribution in [3.63, 3.8) is 0 Å². The Morgan fingerprint density at radius 3 is 1.84 bits per heavy atom. The summed E-state index contributed by atoms with van der Waals surface area (Å²) < 4.78 is 0. The zero-order valence-electron chi connectivity index (χ0n) is 13.5. The van der Waals surface area contributed by atoms with Crippen LogP contribution in [0.1, 0.15) is 0 Å². The minimum atomic E-state index is 0.0247. The molecule has 0 spiro atoms. The molecule has 0 bridgehead atoms. The largest absolute Gasteiger partial charge is 0.508 e.